The molecule has 33 heavy (non-hydrogen) atoms. The van der Waals surface area contributed by atoms with Crippen molar-refractivity contribution >= 4 is 11.8 Å². The maximum atomic E-state index is 13.2. The zero-order chi connectivity index (χ0) is 24.0. The molecule has 1 fully saturated rings. The molecule has 0 saturated carbocycles. The molecule has 1 saturated heterocycles. The normalized spacial score (nSPS) is 27.1. The molecule has 1 aromatic carbocycles. The van der Waals surface area contributed by atoms with E-state index in [0.717, 1.165) is 12.1 Å². The molecule has 0 amide bonds. The molecule has 0 bridgehead atoms. The van der Waals surface area contributed by atoms with Crippen molar-refractivity contribution < 1.29 is 54.1 Å². The molecule has 1 aliphatic carbocycles. The zero-order valence-electron chi connectivity index (χ0n) is 16.9. The molecule has 12 heteroatoms. The van der Waals surface area contributed by atoms with Gasteiger partial charge in [-0.3, -0.25) is 9.59 Å². The van der Waals surface area contributed by atoms with Crippen LogP contribution in [0.15, 0.2) is 27.4 Å². The van der Waals surface area contributed by atoms with Crippen molar-refractivity contribution in [2.45, 2.75) is 50.0 Å². The maximum absolute atomic E-state index is 13.2. The van der Waals surface area contributed by atoms with E-state index in [4.69, 9.17) is 13.9 Å². The average Bonchev–Trinajstić information content (AvgIpc) is 2.73. The molecule has 4 rings (SSSR count). The number of carboxylic acid groups (broad SMARTS) is 1. The highest BCUT2D eigenvalue weighted by Crippen LogP contribution is 2.37. The van der Waals surface area contributed by atoms with Crippen molar-refractivity contribution in [2.75, 3.05) is 0 Å². The largest absolute Gasteiger partial charge is 0.504 e. The summed E-state index contributed by atoms with van der Waals surface area (Å²) < 4.78 is 16.5. The summed E-state index contributed by atoms with van der Waals surface area (Å²) in [4.78, 5) is 37.0. The van der Waals surface area contributed by atoms with E-state index < -0.39 is 71.6 Å². The van der Waals surface area contributed by atoms with E-state index in [2.05, 4.69) is 0 Å². The summed E-state index contributed by atoms with van der Waals surface area (Å²) in [7, 11) is 0. The molecule has 5 atom stereocenters. The summed E-state index contributed by atoms with van der Waals surface area (Å²) in [6, 6.07) is 3.47. The first kappa shape index (κ1) is 22.7. The molecule has 5 unspecified atom stereocenters. The molecule has 2 heterocycles. The van der Waals surface area contributed by atoms with Crippen molar-refractivity contribution in [3.05, 3.63) is 39.7 Å². The van der Waals surface area contributed by atoms with Crippen LogP contribution in [0.2, 0.25) is 0 Å². The second kappa shape index (κ2) is 8.48. The third-order valence-electron chi connectivity index (χ3n) is 5.43. The van der Waals surface area contributed by atoms with Crippen molar-refractivity contribution in [1.29, 1.82) is 0 Å². The highest BCUT2D eigenvalue weighted by molar-refractivity contribution is 5.99. The molecule has 2 aromatic rings. The summed E-state index contributed by atoms with van der Waals surface area (Å²) in [6.45, 7) is 0. The smallest absolute Gasteiger partial charge is 0.335 e. The van der Waals surface area contributed by atoms with Crippen LogP contribution in [0.5, 0.6) is 17.2 Å². The number of aliphatic hydroxyl groups is 3. The molecule has 6 N–H and O–H groups in total. The quantitative estimate of drug-likeness (QED) is 0.317. The van der Waals surface area contributed by atoms with Gasteiger partial charge >= 0.3 is 5.97 Å². The summed E-state index contributed by atoms with van der Waals surface area (Å²) in [6.07, 6.45) is -8.58. The van der Waals surface area contributed by atoms with E-state index in [0.29, 0.717) is 0 Å². The van der Waals surface area contributed by atoms with E-state index in [9.17, 15) is 45.0 Å². The monoisotopic (exact) mass is 464 g/mol. The fraction of sp³-hybridized carbons (Fsp3) is 0.381. The lowest BCUT2D eigenvalue weighted by molar-refractivity contribution is -0.228. The molecular formula is C21H20O12. The van der Waals surface area contributed by atoms with Gasteiger partial charge in [-0.05, 0) is 18.2 Å². The Bertz CT molecular complexity index is 1170. The van der Waals surface area contributed by atoms with Crippen LogP contribution >= 0.6 is 0 Å². The number of hydrogen-bond acceptors (Lipinski definition) is 11. The van der Waals surface area contributed by atoms with E-state index in [-0.39, 0.29) is 35.5 Å². The van der Waals surface area contributed by atoms with Gasteiger partial charge in [-0.2, -0.15) is 0 Å². The Labute approximate surface area is 184 Å². The van der Waals surface area contributed by atoms with Gasteiger partial charge in [0.15, 0.2) is 29.1 Å². The van der Waals surface area contributed by atoms with Gasteiger partial charge in [-0.25, -0.2) is 4.79 Å². The van der Waals surface area contributed by atoms with Crippen LogP contribution in [-0.4, -0.2) is 73.1 Å². The second-order valence-corrected chi connectivity index (χ2v) is 7.81. The topological polar surface area (TPSA) is 204 Å². The number of phenols is 2. The number of carbonyl (C=O) groups is 2. The molecule has 0 spiro atoms. The van der Waals surface area contributed by atoms with Crippen molar-refractivity contribution in [1.82, 2.24) is 0 Å². The molecule has 1 aliphatic heterocycles. The Morgan fingerprint density at radius 3 is 2.45 bits per heavy atom. The summed E-state index contributed by atoms with van der Waals surface area (Å²) in [5.41, 5.74) is -1.22. The summed E-state index contributed by atoms with van der Waals surface area (Å²) >= 11 is 0. The molecule has 176 valence electrons. The highest BCUT2D eigenvalue weighted by Gasteiger charge is 2.43. The number of ketones is 1. The number of phenolic OH excluding ortho intramolecular Hbond substituents is 2. The zero-order valence-corrected chi connectivity index (χ0v) is 16.9. The minimum Gasteiger partial charge on any atom is -0.504 e. The number of hydrogen-bond donors (Lipinski definition) is 6. The fourth-order valence-electron chi connectivity index (χ4n) is 3.80. The minimum atomic E-state index is -1.85. The lowest BCUT2D eigenvalue weighted by atomic mass is 9.92. The van der Waals surface area contributed by atoms with Crippen LogP contribution in [0.1, 0.15) is 29.0 Å². The van der Waals surface area contributed by atoms with Gasteiger partial charge in [-0.1, -0.05) is 0 Å². The lowest BCUT2D eigenvalue weighted by Crippen LogP contribution is -2.53. The standard InChI is InChI=1S/C21H20O12/c22-8-4-11(25)15-13(5-8)31-18(7-1-2-9(23)10(24)3-7)19(17(15)28)32-14-6-12(26)16(27)20(33-14)21(29)30/h1-3,8,12,14,16,20,22-24,26-27H,4-6H2,(H,29,30). The van der Waals surface area contributed by atoms with Gasteiger partial charge in [0.05, 0.1) is 12.2 Å². The number of fused-ring (bicyclic) bond motifs is 1. The number of Topliss-reactive ketones (excluding diaryl/α,β-unsaturated/α-hetero) is 1. The third kappa shape index (κ3) is 4.16. The van der Waals surface area contributed by atoms with Crippen LogP contribution < -0.4 is 10.2 Å². The summed E-state index contributed by atoms with van der Waals surface area (Å²) in [5, 5.41) is 58.4. The maximum Gasteiger partial charge on any atom is 0.335 e. The van der Waals surface area contributed by atoms with Crippen molar-refractivity contribution in [3.8, 4) is 28.6 Å². The number of carboxylic acids is 1. The molecule has 12 nitrogen and oxygen atoms in total. The van der Waals surface area contributed by atoms with E-state index in [1.54, 1.807) is 0 Å². The number of ether oxygens (including phenoxy) is 2. The van der Waals surface area contributed by atoms with Gasteiger partial charge in [0, 0.05) is 24.8 Å². The van der Waals surface area contributed by atoms with E-state index >= 15 is 0 Å². The Balaban J connectivity index is 1.83. The Morgan fingerprint density at radius 1 is 1.06 bits per heavy atom. The van der Waals surface area contributed by atoms with Crippen molar-refractivity contribution in [2.24, 2.45) is 0 Å². The van der Waals surface area contributed by atoms with Crippen LogP contribution in [0.25, 0.3) is 11.3 Å². The number of benzene rings is 1. The van der Waals surface area contributed by atoms with Crippen LogP contribution in [-0.2, 0) is 16.0 Å². The first-order chi connectivity index (χ1) is 15.6. The highest BCUT2D eigenvalue weighted by atomic mass is 16.7. The fourth-order valence-corrected chi connectivity index (χ4v) is 3.80. The van der Waals surface area contributed by atoms with Gasteiger partial charge in [0.1, 0.15) is 17.4 Å². The molecule has 0 radical (unpaired) electrons. The summed E-state index contributed by atoms with van der Waals surface area (Å²) in [5.74, 6) is -4.22. The predicted molar refractivity (Wildman–Crippen MR) is 106 cm³/mol. The molecule has 2 aliphatic rings. The first-order valence-electron chi connectivity index (χ1n) is 9.91. The Morgan fingerprint density at radius 2 is 1.79 bits per heavy atom. The predicted octanol–water partition coefficient (Wildman–Crippen LogP) is -0.492. The number of carbonyl (C=O) groups excluding carboxylic acids is 1. The van der Waals surface area contributed by atoms with Crippen LogP contribution in [0.4, 0.5) is 0 Å². The third-order valence-corrected chi connectivity index (χ3v) is 5.43. The molecule has 1 aromatic heterocycles. The second-order valence-electron chi connectivity index (χ2n) is 7.81. The minimum absolute atomic E-state index is 0.0545. The number of rotatable bonds is 4. The Kier molecular flexibility index (Phi) is 5.84. The molecular weight excluding hydrogens is 444 g/mol. The van der Waals surface area contributed by atoms with Gasteiger partial charge in [0.25, 0.3) is 0 Å². The van der Waals surface area contributed by atoms with E-state index in [1.807, 2.05) is 0 Å². The first-order valence-corrected chi connectivity index (χ1v) is 9.91. The number of aromatic hydroxyl groups is 2. The van der Waals surface area contributed by atoms with Crippen LogP contribution in [0, 0.1) is 0 Å². The van der Waals surface area contributed by atoms with Gasteiger partial charge in [0.2, 0.25) is 17.5 Å². The lowest BCUT2D eigenvalue weighted by Gasteiger charge is -2.35. The van der Waals surface area contributed by atoms with E-state index in [1.165, 1.54) is 6.07 Å². The van der Waals surface area contributed by atoms with Crippen molar-refractivity contribution in [3.63, 3.8) is 0 Å². The number of aliphatic carboxylic acids is 1. The van der Waals surface area contributed by atoms with Gasteiger partial charge in [-0.15, -0.1) is 0 Å². The number of aliphatic hydroxyl groups excluding tert-OH is 3. The Hall–Kier alpha value is -3.45. The SMILES string of the molecule is O=C1CC(O)Cc2oc(-c3ccc(O)c(O)c3)c(OC3CC(O)C(O)C(C(=O)O)O3)c(=O)c21. The van der Waals surface area contributed by atoms with Crippen LogP contribution in [0.3, 0.4) is 0 Å². The average molecular weight is 464 g/mol. The van der Waals surface area contributed by atoms with Gasteiger partial charge < -0.3 is 44.5 Å².